The number of carbonyl (C=O) groups excluding carboxylic acids is 3. The van der Waals surface area contributed by atoms with Crippen molar-refractivity contribution in [1.29, 1.82) is 0 Å². The number of benzene rings is 2. The van der Waals surface area contributed by atoms with Gasteiger partial charge in [0.2, 0.25) is 5.91 Å². The molecule has 27 heavy (non-hydrogen) atoms. The Morgan fingerprint density at radius 3 is 2.19 bits per heavy atom. The number of aryl methyl sites for hydroxylation is 1. The second-order valence-electron chi connectivity index (χ2n) is 5.73. The minimum absolute atomic E-state index is 0.0589. The van der Waals surface area contributed by atoms with Gasteiger partial charge in [-0.3, -0.25) is 14.4 Å². The fourth-order valence-corrected chi connectivity index (χ4v) is 2.36. The summed E-state index contributed by atoms with van der Waals surface area (Å²) in [5.41, 5.74) is 1.97. The van der Waals surface area contributed by atoms with Crippen molar-refractivity contribution < 1.29 is 19.1 Å². The van der Waals surface area contributed by atoms with Gasteiger partial charge < -0.3 is 15.4 Å². The van der Waals surface area contributed by atoms with Gasteiger partial charge in [-0.25, -0.2) is 0 Å². The number of amides is 2. The van der Waals surface area contributed by atoms with Crippen LogP contribution in [0, 0.1) is 6.92 Å². The van der Waals surface area contributed by atoms with E-state index in [0.29, 0.717) is 21.4 Å². The standard InChI is InChI=1S/C19H18Cl2N2O4/c1-12-2-5-15(10-16(12)21)23-18(25)11-27-19(26)9-8-17(24)22-14-6-3-13(20)4-7-14/h2-7,10H,8-9,11H2,1H3,(H,22,24)(H,23,25). The van der Waals surface area contributed by atoms with Crippen LogP contribution < -0.4 is 10.6 Å². The van der Waals surface area contributed by atoms with Gasteiger partial charge >= 0.3 is 5.97 Å². The van der Waals surface area contributed by atoms with Crippen molar-refractivity contribution in [2.24, 2.45) is 0 Å². The summed E-state index contributed by atoms with van der Waals surface area (Å²) >= 11 is 11.7. The highest BCUT2D eigenvalue weighted by atomic mass is 35.5. The number of hydrogen-bond donors (Lipinski definition) is 2. The Kier molecular flexibility index (Phi) is 7.64. The van der Waals surface area contributed by atoms with E-state index in [1.165, 1.54) is 0 Å². The lowest BCUT2D eigenvalue weighted by Gasteiger charge is -2.08. The van der Waals surface area contributed by atoms with Crippen molar-refractivity contribution >= 4 is 52.4 Å². The van der Waals surface area contributed by atoms with Gasteiger partial charge in [0.05, 0.1) is 6.42 Å². The number of esters is 1. The number of hydrogen-bond acceptors (Lipinski definition) is 4. The molecule has 6 nitrogen and oxygen atoms in total. The van der Waals surface area contributed by atoms with Gasteiger partial charge in [0, 0.05) is 27.8 Å². The Morgan fingerprint density at radius 2 is 1.52 bits per heavy atom. The predicted octanol–water partition coefficient (Wildman–Crippen LogP) is 4.20. The summed E-state index contributed by atoms with van der Waals surface area (Å²) in [6.07, 6.45) is -0.195. The first-order valence-corrected chi connectivity index (χ1v) is 8.86. The first kappa shape index (κ1) is 20.7. The van der Waals surface area contributed by atoms with Crippen LogP contribution in [0.1, 0.15) is 18.4 Å². The Balaban J connectivity index is 1.69. The fraction of sp³-hybridized carbons (Fsp3) is 0.211. The zero-order valence-electron chi connectivity index (χ0n) is 14.6. The summed E-state index contributed by atoms with van der Waals surface area (Å²) in [6.45, 7) is 1.40. The molecule has 0 fully saturated rings. The van der Waals surface area contributed by atoms with Gasteiger partial charge in [0.25, 0.3) is 5.91 Å². The smallest absolute Gasteiger partial charge is 0.306 e. The molecule has 2 aromatic rings. The molecule has 0 bridgehead atoms. The zero-order chi connectivity index (χ0) is 19.8. The fourth-order valence-electron chi connectivity index (χ4n) is 2.06. The summed E-state index contributed by atoms with van der Waals surface area (Å²) in [7, 11) is 0. The Bertz CT molecular complexity index is 838. The molecule has 0 spiro atoms. The number of nitrogens with one attached hydrogen (secondary N) is 2. The van der Waals surface area contributed by atoms with Crippen molar-refractivity contribution in [3.63, 3.8) is 0 Å². The summed E-state index contributed by atoms with van der Waals surface area (Å²) < 4.78 is 4.86. The van der Waals surface area contributed by atoms with Crippen molar-refractivity contribution in [3.05, 3.63) is 58.1 Å². The van der Waals surface area contributed by atoms with Crippen LogP contribution in [0.5, 0.6) is 0 Å². The predicted molar refractivity (Wildman–Crippen MR) is 105 cm³/mol. The molecule has 0 atom stereocenters. The normalized spacial score (nSPS) is 10.2. The van der Waals surface area contributed by atoms with Crippen molar-refractivity contribution in [3.8, 4) is 0 Å². The third-order valence-electron chi connectivity index (χ3n) is 3.50. The van der Waals surface area contributed by atoms with Crippen LogP contribution in [0.3, 0.4) is 0 Å². The van der Waals surface area contributed by atoms with E-state index in [2.05, 4.69) is 10.6 Å². The lowest BCUT2D eigenvalue weighted by molar-refractivity contribution is -0.147. The van der Waals surface area contributed by atoms with Gasteiger partial charge in [-0.05, 0) is 48.9 Å². The summed E-state index contributed by atoms with van der Waals surface area (Å²) in [5, 5.41) is 6.29. The average molecular weight is 409 g/mol. The Morgan fingerprint density at radius 1 is 0.889 bits per heavy atom. The number of anilines is 2. The number of rotatable bonds is 7. The van der Waals surface area contributed by atoms with E-state index in [0.717, 1.165) is 5.56 Å². The van der Waals surface area contributed by atoms with Crippen molar-refractivity contribution in [2.45, 2.75) is 19.8 Å². The number of carbonyl (C=O) groups is 3. The molecule has 0 heterocycles. The first-order valence-electron chi connectivity index (χ1n) is 8.10. The van der Waals surface area contributed by atoms with E-state index >= 15 is 0 Å². The third-order valence-corrected chi connectivity index (χ3v) is 4.16. The molecule has 0 radical (unpaired) electrons. The molecule has 2 amide bonds. The molecule has 8 heteroatoms. The zero-order valence-corrected chi connectivity index (χ0v) is 16.1. The highest BCUT2D eigenvalue weighted by molar-refractivity contribution is 6.31. The van der Waals surface area contributed by atoms with Crippen LogP contribution in [0.2, 0.25) is 10.0 Å². The molecular formula is C19H18Cl2N2O4. The lowest BCUT2D eigenvalue weighted by Crippen LogP contribution is -2.21. The molecule has 2 N–H and O–H groups in total. The molecule has 2 aromatic carbocycles. The van der Waals surface area contributed by atoms with Gasteiger partial charge in [-0.1, -0.05) is 29.3 Å². The van der Waals surface area contributed by atoms with E-state index < -0.39 is 18.5 Å². The van der Waals surface area contributed by atoms with Crippen LogP contribution in [-0.4, -0.2) is 24.4 Å². The lowest BCUT2D eigenvalue weighted by atomic mass is 10.2. The molecular weight excluding hydrogens is 391 g/mol. The Labute approximate surface area is 166 Å². The minimum Gasteiger partial charge on any atom is -0.456 e. The monoisotopic (exact) mass is 408 g/mol. The summed E-state index contributed by atoms with van der Waals surface area (Å²) in [6, 6.07) is 11.7. The SMILES string of the molecule is Cc1ccc(NC(=O)COC(=O)CCC(=O)Nc2ccc(Cl)cc2)cc1Cl. The average Bonchev–Trinajstić information content (AvgIpc) is 2.63. The quantitative estimate of drug-likeness (QED) is 0.672. The molecule has 0 saturated carbocycles. The minimum atomic E-state index is -0.640. The van der Waals surface area contributed by atoms with Gasteiger partial charge in [0.1, 0.15) is 0 Å². The number of halogens is 2. The topological polar surface area (TPSA) is 84.5 Å². The van der Waals surface area contributed by atoms with E-state index in [-0.39, 0.29) is 18.7 Å². The van der Waals surface area contributed by atoms with Gasteiger partial charge in [0.15, 0.2) is 6.61 Å². The van der Waals surface area contributed by atoms with Crippen LogP contribution in [-0.2, 0) is 19.1 Å². The maximum absolute atomic E-state index is 11.8. The Hall–Kier alpha value is -2.57. The third kappa shape index (κ3) is 7.29. The highest BCUT2D eigenvalue weighted by Crippen LogP contribution is 2.19. The van der Waals surface area contributed by atoms with Crippen molar-refractivity contribution in [1.82, 2.24) is 0 Å². The maximum Gasteiger partial charge on any atom is 0.306 e. The molecule has 2 rings (SSSR count). The van der Waals surface area contributed by atoms with E-state index in [9.17, 15) is 14.4 Å². The van der Waals surface area contributed by atoms with E-state index in [1.54, 1.807) is 42.5 Å². The molecule has 0 aliphatic rings. The van der Waals surface area contributed by atoms with Crippen LogP contribution >= 0.6 is 23.2 Å². The maximum atomic E-state index is 11.8. The van der Waals surface area contributed by atoms with E-state index in [4.69, 9.17) is 27.9 Å². The molecule has 0 unspecified atom stereocenters. The van der Waals surface area contributed by atoms with Gasteiger partial charge in [-0.2, -0.15) is 0 Å². The second-order valence-corrected chi connectivity index (χ2v) is 6.57. The van der Waals surface area contributed by atoms with E-state index in [1.807, 2.05) is 6.92 Å². The summed E-state index contributed by atoms with van der Waals surface area (Å²) in [5.74, 6) is -1.47. The molecule has 0 saturated heterocycles. The van der Waals surface area contributed by atoms with Gasteiger partial charge in [-0.15, -0.1) is 0 Å². The van der Waals surface area contributed by atoms with Crippen LogP contribution in [0.15, 0.2) is 42.5 Å². The molecule has 0 aromatic heterocycles. The molecule has 0 aliphatic heterocycles. The molecule has 142 valence electrons. The number of ether oxygens (including phenoxy) is 1. The summed E-state index contributed by atoms with van der Waals surface area (Å²) in [4.78, 5) is 35.3. The first-order chi connectivity index (χ1) is 12.8. The molecule has 0 aliphatic carbocycles. The highest BCUT2D eigenvalue weighted by Gasteiger charge is 2.11. The van der Waals surface area contributed by atoms with Crippen LogP contribution in [0.25, 0.3) is 0 Å². The second kappa shape index (κ2) is 9.94. The van der Waals surface area contributed by atoms with Crippen LogP contribution in [0.4, 0.5) is 11.4 Å². The van der Waals surface area contributed by atoms with Crippen molar-refractivity contribution in [2.75, 3.05) is 17.2 Å². The largest absolute Gasteiger partial charge is 0.456 e.